The van der Waals surface area contributed by atoms with E-state index in [-0.39, 0.29) is 29.3 Å². The van der Waals surface area contributed by atoms with E-state index in [1.165, 1.54) is 6.07 Å². The predicted octanol–water partition coefficient (Wildman–Crippen LogP) is 2.15. The molecule has 19 heavy (non-hydrogen) atoms. The molecule has 0 aromatic heterocycles. The predicted molar refractivity (Wildman–Crippen MR) is 77.4 cm³/mol. The molecule has 106 valence electrons. The Balaban J connectivity index is 2.14. The van der Waals surface area contributed by atoms with Crippen molar-refractivity contribution in [1.29, 1.82) is 0 Å². The molecule has 1 N–H and O–H groups in total. The number of likely N-dealkylation sites (N-methyl/N-ethyl adjacent to an activating group) is 1. The van der Waals surface area contributed by atoms with Gasteiger partial charge in [-0.3, -0.25) is 0 Å². The summed E-state index contributed by atoms with van der Waals surface area (Å²) in [4.78, 5) is 0. The van der Waals surface area contributed by atoms with Crippen LogP contribution < -0.4 is 5.32 Å². The SMILES string of the molecule is CNC(Cc1cccc(F)c1Br)C1CCS(=O)(=O)C1. The first-order chi connectivity index (χ1) is 8.93. The fourth-order valence-electron chi connectivity index (χ4n) is 2.59. The fourth-order valence-corrected chi connectivity index (χ4v) is 4.89. The van der Waals surface area contributed by atoms with Gasteiger partial charge in [-0.15, -0.1) is 0 Å². The maximum absolute atomic E-state index is 13.5. The highest BCUT2D eigenvalue weighted by atomic mass is 79.9. The summed E-state index contributed by atoms with van der Waals surface area (Å²) in [5.74, 6) is 0.308. The first kappa shape index (κ1) is 14.9. The van der Waals surface area contributed by atoms with Crippen molar-refractivity contribution in [2.24, 2.45) is 5.92 Å². The van der Waals surface area contributed by atoms with Crippen molar-refractivity contribution in [2.45, 2.75) is 18.9 Å². The molecule has 2 atom stereocenters. The van der Waals surface area contributed by atoms with Gasteiger partial charge in [-0.1, -0.05) is 12.1 Å². The minimum atomic E-state index is -2.89. The zero-order valence-electron chi connectivity index (χ0n) is 10.7. The average Bonchev–Trinajstić information content (AvgIpc) is 2.71. The summed E-state index contributed by atoms with van der Waals surface area (Å²) in [5, 5.41) is 3.17. The highest BCUT2D eigenvalue weighted by Crippen LogP contribution is 2.27. The van der Waals surface area contributed by atoms with E-state index in [0.717, 1.165) is 5.56 Å². The average molecular weight is 350 g/mol. The molecule has 2 rings (SSSR count). The second-order valence-corrected chi connectivity index (χ2v) is 8.00. The van der Waals surface area contributed by atoms with Crippen LogP contribution in [0.3, 0.4) is 0 Å². The summed E-state index contributed by atoms with van der Waals surface area (Å²) in [6.07, 6.45) is 1.30. The lowest BCUT2D eigenvalue weighted by Gasteiger charge is -2.22. The van der Waals surface area contributed by atoms with E-state index in [9.17, 15) is 12.8 Å². The maximum Gasteiger partial charge on any atom is 0.150 e. The van der Waals surface area contributed by atoms with E-state index in [4.69, 9.17) is 0 Å². The van der Waals surface area contributed by atoms with Gasteiger partial charge in [-0.25, -0.2) is 12.8 Å². The van der Waals surface area contributed by atoms with Crippen LogP contribution in [0.15, 0.2) is 22.7 Å². The lowest BCUT2D eigenvalue weighted by Crippen LogP contribution is -2.36. The van der Waals surface area contributed by atoms with Gasteiger partial charge >= 0.3 is 0 Å². The van der Waals surface area contributed by atoms with Crippen LogP contribution in [0, 0.1) is 11.7 Å². The Morgan fingerprint density at radius 3 is 2.84 bits per heavy atom. The first-order valence-electron chi connectivity index (χ1n) is 6.23. The van der Waals surface area contributed by atoms with Gasteiger partial charge in [0.25, 0.3) is 0 Å². The highest BCUT2D eigenvalue weighted by molar-refractivity contribution is 9.10. The highest BCUT2D eigenvalue weighted by Gasteiger charge is 2.33. The molecule has 1 aromatic carbocycles. The van der Waals surface area contributed by atoms with E-state index in [2.05, 4.69) is 21.2 Å². The summed E-state index contributed by atoms with van der Waals surface area (Å²) >= 11 is 3.25. The van der Waals surface area contributed by atoms with E-state index in [1.807, 2.05) is 13.1 Å². The van der Waals surface area contributed by atoms with Gasteiger partial charge < -0.3 is 5.32 Å². The summed E-state index contributed by atoms with van der Waals surface area (Å²) < 4.78 is 37.0. The number of rotatable bonds is 4. The molecule has 0 saturated carbocycles. The van der Waals surface area contributed by atoms with Gasteiger partial charge in [0.1, 0.15) is 5.82 Å². The van der Waals surface area contributed by atoms with Gasteiger partial charge in [0.2, 0.25) is 0 Å². The molecule has 1 aliphatic rings. The first-order valence-corrected chi connectivity index (χ1v) is 8.85. The van der Waals surface area contributed by atoms with Crippen LogP contribution in [0.5, 0.6) is 0 Å². The Kier molecular flexibility index (Phi) is 4.63. The number of hydrogen-bond donors (Lipinski definition) is 1. The summed E-state index contributed by atoms with van der Waals surface area (Å²) in [6.45, 7) is 0. The number of sulfone groups is 1. The molecular formula is C13H17BrFNO2S. The lowest BCUT2D eigenvalue weighted by atomic mass is 9.93. The Morgan fingerprint density at radius 2 is 2.26 bits per heavy atom. The lowest BCUT2D eigenvalue weighted by molar-refractivity contribution is 0.402. The Labute approximate surface area is 121 Å². The summed E-state index contributed by atoms with van der Waals surface area (Å²) in [5.41, 5.74) is 0.864. The minimum Gasteiger partial charge on any atom is -0.316 e. The quantitative estimate of drug-likeness (QED) is 0.905. The molecule has 0 aliphatic carbocycles. The number of hydrogen-bond acceptors (Lipinski definition) is 3. The van der Waals surface area contributed by atoms with Crippen LogP contribution in [-0.2, 0) is 16.3 Å². The minimum absolute atomic E-state index is 0.0513. The third kappa shape index (κ3) is 3.55. The van der Waals surface area contributed by atoms with Crippen molar-refractivity contribution in [3.05, 3.63) is 34.1 Å². The van der Waals surface area contributed by atoms with Crippen LogP contribution >= 0.6 is 15.9 Å². The third-order valence-corrected chi connectivity index (χ3v) is 6.36. The van der Waals surface area contributed by atoms with Crippen molar-refractivity contribution < 1.29 is 12.8 Å². The van der Waals surface area contributed by atoms with Gasteiger partial charge in [0, 0.05) is 6.04 Å². The van der Waals surface area contributed by atoms with Crippen molar-refractivity contribution in [3.63, 3.8) is 0 Å². The van der Waals surface area contributed by atoms with Crippen molar-refractivity contribution in [3.8, 4) is 0 Å². The monoisotopic (exact) mass is 349 g/mol. The van der Waals surface area contributed by atoms with E-state index >= 15 is 0 Å². The smallest absolute Gasteiger partial charge is 0.150 e. The summed E-state index contributed by atoms with van der Waals surface area (Å²) in [7, 11) is -1.06. The Hall–Kier alpha value is -0.460. The second-order valence-electron chi connectivity index (χ2n) is 4.98. The zero-order chi connectivity index (χ0) is 14.0. The van der Waals surface area contributed by atoms with Crippen LogP contribution in [0.4, 0.5) is 4.39 Å². The van der Waals surface area contributed by atoms with Crippen molar-refractivity contribution >= 4 is 25.8 Å². The maximum atomic E-state index is 13.5. The van der Waals surface area contributed by atoms with Crippen molar-refractivity contribution in [1.82, 2.24) is 5.32 Å². The topological polar surface area (TPSA) is 46.2 Å². The molecule has 1 saturated heterocycles. The van der Waals surface area contributed by atoms with Gasteiger partial charge in [-0.2, -0.15) is 0 Å². The van der Waals surface area contributed by atoms with Crippen LogP contribution in [0.25, 0.3) is 0 Å². The zero-order valence-corrected chi connectivity index (χ0v) is 13.1. The van der Waals surface area contributed by atoms with E-state index in [1.54, 1.807) is 6.07 Å². The molecule has 1 aliphatic heterocycles. The molecule has 1 fully saturated rings. The largest absolute Gasteiger partial charge is 0.316 e. The Morgan fingerprint density at radius 1 is 1.53 bits per heavy atom. The number of nitrogens with one attached hydrogen (secondary N) is 1. The van der Waals surface area contributed by atoms with Crippen LogP contribution in [-0.4, -0.2) is 33.0 Å². The van der Waals surface area contributed by atoms with Crippen molar-refractivity contribution in [2.75, 3.05) is 18.6 Å². The summed E-state index contributed by atoms with van der Waals surface area (Å²) in [6, 6.07) is 4.99. The standard InChI is InChI=1S/C13H17BrFNO2S/c1-16-12(10-5-6-19(17,18)8-10)7-9-3-2-4-11(15)13(9)14/h2-4,10,12,16H,5-8H2,1H3. The molecule has 3 nitrogen and oxygen atoms in total. The molecule has 1 heterocycles. The molecule has 0 bridgehead atoms. The van der Waals surface area contributed by atoms with E-state index in [0.29, 0.717) is 17.3 Å². The molecule has 0 spiro atoms. The van der Waals surface area contributed by atoms with Crippen LogP contribution in [0.2, 0.25) is 0 Å². The molecule has 2 unspecified atom stereocenters. The van der Waals surface area contributed by atoms with Gasteiger partial charge in [-0.05, 0) is 53.4 Å². The van der Waals surface area contributed by atoms with E-state index < -0.39 is 9.84 Å². The molecular weight excluding hydrogens is 333 g/mol. The third-order valence-electron chi connectivity index (χ3n) is 3.68. The fraction of sp³-hybridized carbons (Fsp3) is 0.538. The normalized spacial score (nSPS) is 23.4. The molecule has 0 radical (unpaired) electrons. The second kappa shape index (κ2) is 5.89. The Bertz CT molecular complexity index is 562. The number of benzene rings is 1. The molecule has 1 aromatic rings. The van der Waals surface area contributed by atoms with Crippen LogP contribution in [0.1, 0.15) is 12.0 Å². The molecule has 0 amide bonds. The molecule has 6 heteroatoms. The number of halogens is 2. The van der Waals surface area contributed by atoms with Gasteiger partial charge in [0.05, 0.1) is 16.0 Å². The van der Waals surface area contributed by atoms with Gasteiger partial charge in [0.15, 0.2) is 9.84 Å².